The fourth-order valence-corrected chi connectivity index (χ4v) is 2.69. The van der Waals surface area contributed by atoms with Gasteiger partial charge in [0.25, 0.3) is 5.91 Å². The molecule has 7 heteroatoms. The number of aromatic hydroxyl groups is 1. The van der Waals surface area contributed by atoms with Crippen molar-refractivity contribution in [2.75, 3.05) is 26.7 Å². The molecule has 6 nitrogen and oxygen atoms in total. The van der Waals surface area contributed by atoms with E-state index in [0.717, 1.165) is 43.0 Å². The first-order valence-corrected chi connectivity index (χ1v) is 9.23. The molecule has 152 valence electrons. The Labute approximate surface area is 183 Å². The highest BCUT2D eigenvalue weighted by molar-refractivity contribution is 14.0. The molecule has 0 unspecified atom stereocenters. The number of hydrogen-bond acceptors (Lipinski definition) is 3. The molecular formula is C21H29IN4O2. The van der Waals surface area contributed by atoms with E-state index >= 15 is 0 Å². The van der Waals surface area contributed by atoms with E-state index in [1.54, 1.807) is 19.2 Å². The summed E-state index contributed by atoms with van der Waals surface area (Å²) in [7, 11) is 1.63. The van der Waals surface area contributed by atoms with E-state index < -0.39 is 0 Å². The predicted octanol–water partition coefficient (Wildman–Crippen LogP) is 2.71. The van der Waals surface area contributed by atoms with Gasteiger partial charge in [-0.3, -0.25) is 9.79 Å². The molecule has 0 aromatic heterocycles. The van der Waals surface area contributed by atoms with Crippen LogP contribution in [0.5, 0.6) is 5.75 Å². The summed E-state index contributed by atoms with van der Waals surface area (Å²) in [5.41, 5.74) is 2.82. The van der Waals surface area contributed by atoms with Gasteiger partial charge in [-0.05, 0) is 55.2 Å². The minimum absolute atomic E-state index is 0. The summed E-state index contributed by atoms with van der Waals surface area (Å²) in [4.78, 5) is 16.3. The second-order valence-corrected chi connectivity index (χ2v) is 6.14. The molecule has 0 heterocycles. The van der Waals surface area contributed by atoms with Crippen molar-refractivity contribution in [1.82, 2.24) is 16.0 Å². The van der Waals surface area contributed by atoms with Crippen LogP contribution in [-0.2, 0) is 12.8 Å². The third kappa shape index (κ3) is 8.16. The number of phenolic OH excluding ortho intramolecular Hbond substituents is 1. The lowest BCUT2D eigenvalue weighted by Gasteiger charge is -2.12. The molecule has 0 atom stereocenters. The third-order valence-electron chi connectivity index (χ3n) is 4.05. The largest absolute Gasteiger partial charge is 0.508 e. The fraction of sp³-hybridized carbons (Fsp3) is 0.333. The quantitative estimate of drug-likeness (QED) is 0.257. The minimum atomic E-state index is -0.0772. The highest BCUT2D eigenvalue weighted by Crippen LogP contribution is 2.11. The van der Waals surface area contributed by atoms with E-state index in [0.29, 0.717) is 12.1 Å². The highest BCUT2D eigenvalue weighted by Gasteiger charge is 2.04. The first-order chi connectivity index (χ1) is 13.1. The van der Waals surface area contributed by atoms with Crippen LogP contribution in [0.4, 0.5) is 0 Å². The van der Waals surface area contributed by atoms with Gasteiger partial charge in [0, 0.05) is 32.2 Å². The first-order valence-electron chi connectivity index (χ1n) is 9.23. The number of benzene rings is 2. The Hall–Kier alpha value is -2.29. The third-order valence-corrected chi connectivity index (χ3v) is 4.05. The van der Waals surface area contributed by atoms with Gasteiger partial charge in [0.05, 0.1) is 0 Å². The molecule has 0 aliphatic carbocycles. The van der Waals surface area contributed by atoms with E-state index in [4.69, 9.17) is 0 Å². The summed E-state index contributed by atoms with van der Waals surface area (Å²) in [6.07, 6.45) is 1.56. The molecule has 1 amide bonds. The van der Waals surface area contributed by atoms with Gasteiger partial charge in [-0.15, -0.1) is 24.0 Å². The van der Waals surface area contributed by atoms with E-state index in [-0.39, 0.29) is 35.6 Å². The second-order valence-electron chi connectivity index (χ2n) is 6.14. The molecule has 2 rings (SSSR count). The second kappa shape index (κ2) is 13.0. The van der Waals surface area contributed by atoms with E-state index in [2.05, 4.69) is 20.9 Å². The normalized spacial score (nSPS) is 10.7. The zero-order valence-corrected chi connectivity index (χ0v) is 18.7. The number of nitrogens with one attached hydrogen (secondary N) is 3. The molecule has 0 aliphatic heterocycles. The summed E-state index contributed by atoms with van der Waals surface area (Å²) in [6, 6.07) is 14.9. The van der Waals surface area contributed by atoms with Gasteiger partial charge in [-0.25, -0.2) is 0 Å². The van der Waals surface area contributed by atoms with Crippen LogP contribution in [-0.4, -0.2) is 43.7 Å². The number of hydrogen-bond donors (Lipinski definition) is 4. The lowest BCUT2D eigenvalue weighted by Crippen LogP contribution is -2.38. The summed E-state index contributed by atoms with van der Waals surface area (Å²) >= 11 is 0. The van der Waals surface area contributed by atoms with Crippen molar-refractivity contribution < 1.29 is 9.90 Å². The number of halogens is 1. The Morgan fingerprint density at radius 3 is 2.43 bits per heavy atom. The Bertz CT molecular complexity index is 781. The average molecular weight is 496 g/mol. The van der Waals surface area contributed by atoms with Crippen molar-refractivity contribution in [1.29, 1.82) is 0 Å². The zero-order valence-electron chi connectivity index (χ0n) is 16.4. The summed E-state index contributed by atoms with van der Waals surface area (Å²) < 4.78 is 0. The number of carbonyl (C=O) groups excluding carboxylic acids is 1. The maximum atomic E-state index is 11.7. The molecule has 28 heavy (non-hydrogen) atoms. The first kappa shape index (κ1) is 23.7. The van der Waals surface area contributed by atoms with Crippen LogP contribution < -0.4 is 16.0 Å². The zero-order chi connectivity index (χ0) is 19.5. The van der Waals surface area contributed by atoms with Gasteiger partial charge >= 0.3 is 0 Å². The number of amides is 1. The fourth-order valence-electron chi connectivity index (χ4n) is 2.69. The number of phenols is 1. The van der Waals surface area contributed by atoms with Crippen LogP contribution in [0.2, 0.25) is 0 Å². The van der Waals surface area contributed by atoms with Crippen molar-refractivity contribution in [3.8, 4) is 5.75 Å². The monoisotopic (exact) mass is 496 g/mol. The Morgan fingerprint density at radius 2 is 1.75 bits per heavy atom. The number of aliphatic imine (C=N–C) groups is 1. The van der Waals surface area contributed by atoms with Crippen LogP contribution in [0.15, 0.2) is 53.5 Å². The molecule has 0 radical (unpaired) electrons. The summed E-state index contributed by atoms with van der Waals surface area (Å²) in [5, 5.41) is 18.7. The average Bonchev–Trinajstić information content (AvgIpc) is 2.67. The number of guanidine groups is 1. The summed E-state index contributed by atoms with van der Waals surface area (Å²) in [6.45, 7) is 4.16. The van der Waals surface area contributed by atoms with Crippen molar-refractivity contribution in [3.63, 3.8) is 0 Å². The van der Waals surface area contributed by atoms with Crippen LogP contribution in [0.1, 0.15) is 28.4 Å². The lowest BCUT2D eigenvalue weighted by molar-refractivity contribution is 0.0963. The van der Waals surface area contributed by atoms with Crippen molar-refractivity contribution in [2.24, 2.45) is 4.99 Å². The van der Waals surface area contributed by atoms with E-state index in [1.165, 1.54) is 0 Å². The lowest BCUT2D eigenvalue weighted by atomic mass is 10.1. The molecule has 0 aliphatic rings. The Kier molecular flexibility index (Phi) is 11.0. The van der Waals surface area contributed by atoms with Crippen LogP contribution >= 0.6 is 24.0 Å². The van der Waals surface area contributed by atoms with E-state index in [1.807, 2.05) is 43.3 Å². The molecule has 0 bridgehead atoms. The van der Waals surface area contributed by atoms with Crippen LogP contribution in [0.3, 0.4) is 0 Å². The highest BCUT2D eigenvalue weighted by atomic mass is 127. The van der Waals surface area contributed by atoms with E-state index in [9.17, 15) is 9.90 Å². The SMILES string of the molecule is CCNC(=NCCc1cccc(O)c1)NCCc1cccc(C(=O)NC)c1.I. The molecule has 0 saturated heterocycles. The molecule has 2 aromatic carbocycles. The van der Waals surface area contributed by atoms with Crippen molar-refractivity contribution >= 4 is 35.8 Å². The van der Waals surface area contributed by atoms with Crippen LogP contribution in [0, 0.1) is 0 Å². The maximum Gasteiger partial charge on any atom is 0.251 e. The topological polar surface area (TPSA) is 85.8 Å². The molecule has 0 fully saturated rings. The molecule has 2 aromatic rings. The Balaban J connectivity index is 0.00000392. The molecule has 0 spiro atoms. The predicted molar refractivity (Wildman–Crippen MR) is 125 cm³/mol. The number of carbonyl (C=O) groups is 1. The maximum absolute atomic E-state index is 11.7. The van der Waals surface area contributed by atoms with Gasteiger partial charge in [-0.2, -0.15) is 0 Å². The number of rotatable bonds is 8. The molecule has 0 saturated carbocycles. The van der Waals surface area contributed by atoms with Crippen molar-refractivity contribution in [2.45, 2.75) is 19.8 Å². The summed E-state index contributed by atoms with van der Waals surface area (Å²) in [5.74, 6) is 0.965. The smallest absolute Gasteiger partial charge is 0.251 e. The van der Waals surface area contributed by atoms with Crippen LogP contribution in [0.25, 0.3) is 0 Å². The minimum Gasteiger partial charge on any atom is -0.508 e. The van der Waals surface area contributed by atoms with Gasteiger partial charge in [-0.1, -0.05) is 24.3 Å². The van der Waals surface area contributed by atoms with Crippen molar-refractivity contribution in [3.05, 3.63) is 65.2 Å². The number of nitrogens with zero attached hydrogens (tertiary/aromatic N) is 1. The molecular weight excluding hydrogens is 467 g/mol. The van der Waals surface area contributed by atoms with Gasteiger partial charge in [0.2, 0.25) is 0 Å². The Morgan fingerprint density at radius 1 is 1.04 bits per heavy atom. The standard InChI is InChI=1S/C21H28N4O2.HI/c1-3-23-21(25-13-11-17-7-5-9-19(26)15-17)24-12-10-16-6-4-8-18(14-16)20(27)22-2;/h4-9,14-15,26H,3,10-13H2,1-2H3,(H,22,27)(H2,23,24,25);1H. The molecule has 4 N–H and O–H groups in total. The van der Waals surface area contributed by atoms with Gasteiger partial charge in [0.1, 0.15) is 5.75 Å². The van der Waals surface area contributed by atoms with Gasteiger partial charge in [0.15, 0.2) is 5.96 Å². The van der Waals surface area contributed by atoms with Gasteiger partial charge < -0.3 is 21.1 Å².